The molecule has 0 saturated carbocycles. The number of carbonyl (C=O) groups excluding carboxylic acids is 1. The number of amides is 1. The van der Waals surface area contributed by atoms with Crippen LogP contribution in [-0.2, 0) is 24.2 Å². The smallest absolute Gasteiger partial charge is 0.244 e. The number of hydrogen-bond acceptors (Lipinski definition) is 2. The van der Waals surface area contributed by atoms with Gasteiger partial charge in [-0.1, -0.05) is 29.8 Å². The van der Waals surface area contributed by atoms with E-state index in [9.17, 15) is 9.18 Å². The van der Waals surface area contributed by atoms with Crippen LogP contribution < -0.4 is 10.6 Å². The molecule has 0 aliphatic carbocycles. The summed E-state index contributed by atoms with van der Waals surface area (Å²) in [6.45, 7) is 2.06. The number of anilines is 1. The van der Waals surface area contributed by atoms with E-state index in [1.54, 1.807) is 0 Å². The third-order valence-electron chi connectivity index (χ3n) is 4.79. The fourth-order valence-corrected chi connectivity index (χ4v) is 3.82. The van der Waals surface area contributed by atoms with Gasteiger partial charge in [0.2, 0.25) is 5.91 Å². The highest BCUT2D eigenvalue weighted by atomic mass is 35.5. The minimum absolute atomic E-state index is 0.00541. The first kappa shape index (κ1) is 17.1. The van der Waals surface area contributed by atoms with Gasteiger partial charge in [-0.05, 0) is 42.8 Å². The number of nitrogens with zero attached hydrogens (tertiary/aromatic N) is 1. The summed E-state index contributed by atoms with van der Waals surface area (Å²) in [7, 11) is 0. The molecule has 0 unspecified atom stereocenters. The Morgan fingerprint density at radius 2 is 2.00 bits per heavy atom. The summed E-state index contributed by atoms with van der Waals surface area (Å²) in [6.07, 6.45) is 1.84. The zero-order valence-corrected chi connectivity index (χ0v) is 14.9. The lowest BCUT2D eigenvalue weighted by Gasteiger charge is -2.12. The van der Waals surface area contributed by atoms with Crippen molar-refractivity contribution >= 4 is 34.1 Å². The van der Waals surface area contributed by atoms with Crippen LogP contribution in [0.25, 0.3) is 10.9 Å². The number of fused-ring (bicyclic) bond motifs is 3. The molecule has 3 aromatic rings. The quantitative estimate of drug-likeness (QED) is 0.736. The lowest BCUT2D eigenvalue weighted by Crippen LogP contribution is -2.21. The van der Waals surface area contributed by atoms with Gasteiger partial charge < -0.3 is 15.2 Å². The molecule has 1 amide bonds. The van der Waals surface area contributed by atoms with Crippen LogP contribution in [0.4, 0.5) is 10.1 Å². The Morgan fingerprint density at radius 1 is 1.19 bits per heavy atom. The average Bonchev–Trinajstić information content (AvgIpc) is 2.78. The molecule has 0 bridgehead atoms. The molecular weight excluding hydrogens is 353 g/mol. The second-order valence-electron chi connectivity index (χ2n) is 6.46. The molecule has 6 heteroatoms. The Hall–Kier alpha value is -2.37. The van der Waals surface area contributed by atoms with Gasteiger partial charge in [-0.15, -0.1) is 0 Å². The molecule has 0 atom stereocenters. The lowest BCUT2D eigenvalue weighted by atomic mass is 10.1. The molecule has 0 saturated heterocycles. The molecule has 0 radical (unpaired) electrons. The molecule has 1 aliphatic rings. The fraction of sp³-hybridized carbons (Fsp3) is 0.250. The zero-order chi connectivity index (χ0) is 18.1. The normalized spacial score (nSPS) is 14.1. The topological polar surface area (TPSA) is 46.1 Å². The number of rotatable bonds is 3. The third kappa shape index (κ3) is 3.20. The third-order valence-corrected chi connectivity index (χ3v) is 5.08. The maximum absolute atomic E-state index is 13.3. The Bertz CT molecular complexity index is 983. The first-order valence-corrected chi connectivity index (χ1v) is 9.06. The van der Waals surface area contributed by atoms with E-state index in [4.69, 9.17) is 11.6 Å². The van der Waals surface area contributed by atoms with Gasteiger partial charge in [0, 0.05) is 35.2 Å². The van der Waals surface area contributed by atoms with Crippen LogP contribution in [0, 0.1) is 5.82 Å². The van der Waals surface area contributed by atoms with Crippen LogP contribution in [0.1, 0.15) is 11.3 Å². The first-order valence-electron chi connectivity index (χ1n) is 8.68. The molecule has 2 heterocycles. The highest BCUT2D eigenvalue weighted by Gasteiger charge is 2.20. The molecule has 4 rings (SSSR count). The van der Waals surface area contributed by atoms with Crippen LogP contribution >= 0.6 is 11.6 Å². The average molecular weight is 372 g/mol. The molecule has 0 fully saturated rings. The van der Waals surface area contributed by atoms with Gasteiger partial charge in [0.1, 0.15) is 12.4 Å². The van der Waals surface area contributed by atoms with E-state index in [-0.39, 0.29) is 17.5 Å². The van der Waals surface area contributed by atoms with Crippen LogP contribution in [0.5, 0.6) is 0 Å². The van der Waals surface area contributed by atoms with Crippen LogP contribution in [-0.4, -0.2) is 23.6 Å². The number of para-hydroxylation sites is 1. The van der Waals surface area contributed by atoms with Gasteiger partial charge in [0.05, 0.1) is 5.02 Å². The number of nitrogens with one attached hydrogen (secondary N) is 2. The Balaban J connectivity index is 1.65. The maximum Gasteiger partial charge on any atom is 0.244 e. The van der Waals surface area contributed by atoms with Gasteiger partial charge in [-0.2, -0.15) is 0 Å². The molecule has 2 N–H and O–H groups in total. The van der Waals surface area contributed by atoms with Crippen molar-refractivity contribution in [2.45, 2.75) is 19.4 Å². The number of carbonyl (C=O) groups is 1. The summed E-state index contributed by atoms with van der Waals surface area (Å²) in [5.74, 6) is -0.660. The van der Waals surface area contributed by atoms with E-state index in [0.717, 1.165) is 31.4 Å². The summed E-state index contributed by atoms with van der Waals surface area (Å²) < 4.78 is 15.4. The van der Waals surface area contributed by atoms with Gasteiger partial charge in [-0.3, -0.25) is 4.79 Å². The van der Waals surface area contributed by atoms with Crippen LogP contribution in [0.15, 0.2) is 42.5 Å². The summed E-state index contributed by atoms with van der Waals surface area (Å²) in [4.78, 5) is 12.6. The Morgan fingerprint density at radius 3 is 2.85 bits per heavy atom. The molecule has 0 spiro atoms. The second-order valence-corrected chi connectivity index (χ2v) is 6.86. The van der Waals surface area contributed by atoms with Crippen LogP contribution in [0.3, 0.4) is 0 Å². The zero-order valence-electron chi connectivity index (χ0n) is 14.2. The Kier molecular flexibility index (Phi) is 4.66. The van der Waals surface area contributed by atoms with E-state index in [2.05, 4.69) is 27.3 Å². The van der Waals surface area contributed by atoms with Crippen molar-refractivity contribution in [3.05, 3.63) is 64.6 Å². The van der Waals surface area contributed by atoms with E-state index >= 15 is 0 Å². The van der Waals surface area contributed by atoms with E-state index < -0.39 is 5.82 Å². The van der Waals surface area contributed by atoms with Crippen molar-refractivity contribution in [1.82, 2.24) is 9.88 Å². The van der Waals surface area contributed by atoms with Crippen molar-refractivity contribution in [3.8, 4) is 0 Å². The van der Waals surface area contributed by atoms with E-state index in [1.165, 1.54) is 34.8 Å². The van der Waals surface area contributed by atoms with E-state index in [0.29, 0.717) is 5.69 Å². The minimum Gasteiger partial charge on any atom is -0.335 e. The number of aromatic nitrogens is 1. The molecule has 4 nitrogen and oxygen atoms in total. The van der Waals surface area contributed by atoms with E-state index in [1.807, 2.05) is 12.1 Å². The lowest BCUT2D eigenvalue weighted by molar-refractivity contribution is -0.116. The first-order chi connectivity index (χ1) is 12.6. The van der Waals surface area contributed by atoms with Gasteiger partial charge in [0.25, 0.3) is 0 Å². The van der Waals surface area contributed by atoms with Gasteiger partial charge in [-0.25, -0.2) is 4.39 Å². The predicted octanol–water partition coefficient (Wildman–Crippen LogP) is 3.76. The largest absolute Gasteiger partial charge is 0.335 e. The summed E-state index contributed by atoms with van der Waals surface area (Å²) >= 11 is 5.79. The highest BCUT2D eigenvalue weighted by Crippen LogP contribution is 2.28. The van der Waals surface area contributed by atoms with Crippen molar-refractivity contribution < 1.29 is 9.18 Å². The fourth-order valence-electron chi connectivity index (χ4n) is 3.64. The van der Waals surface area contributed by atoms with Crippen molar-refractivity contribution in [3.63, 3.8) is 0 Å². The Labute approximate surface area is 156 Å². The highest BCUT2D eigenvalue weighted by molar-refractivity contribution is 6.31. The summed E-state index contributed by atoms with van der Waals surface area (Å²) in [5, 5.41) is 7.43. The maximum atomic E-state index is 13.3. The molecule has 2 aromatic carbocycles. The monoisotopic (exact) mass is 371 g/mol. The minimum atomic E-state index is -0.501. The standard InChI is InChI=1S/C20H19ClFN3O/c21-16-11-13(5-6-17(16)22)24-20(26)12-25-18-4-2-1-3-14(18)15-7-9-23-10-8-19(15)25/h1-6,11,23H,7-10,12H2,(H,24,26). The molecule has 1 aromatic heterocycles. The van der Waals surface area contributed by atoms with Gasteiger partial charge >= 0.3 is 0 Å². The van der Waals surface area contributed by atoms with Crippen molar-refractivity contribution in [2.24, 2.45) is 0 Å². The van der Waals surface area contributed by atoms with Crippen LogP contribution in [0.2, 0.25) is 5.02 Å². The van der Waals surface area contributed by atoms with Crippen molar-refractivity contribution in [1.29, 1.82) is 0 Å². The SMILES string of the molecule is O=C(Cn1c2c(c3ccccc31)CCNCC2)Nc1ccc(F)c(Cl)c1. The van der Waals surface area contributed by atoms with Crippen molar-refractivity contribution in [2.75, 3.05) is 18.4 Å². The predicted molar refractivity (Wildman–Crippen MR) is 102 cm³/mol. The molecular formula is C20H19ClFN3O. The molecule has 26 heavy (non-hydrogen) atoms. The number of hydrogen-bond donors (Lipinski definition) is 2. The number of benzene rings is 2. The summed E-state index contributed by atoms with van der Waals surface area (Å²) in [6, 6.07) is 12.4. The summed E-state index contributed by atoms with van der Waals surface area (Å²) in [5.41, 5.74) is 4.10. The molecule has 1 aliphatic heterocycles. The second kappa shape index (κ2) is 7.09. The van der Waals surface area contributed by atoms with Gasteiger partial charge in [0.15, 0.2) is 0 Å². The molecule has 134 valence electrons. The number of halogens is 2.